The standard InChI is InChI=1S/C17H25F2NO2/c1-14(2,3)22-13(21)20-11-5-6-12(20)10-16(9-11)15(7-4-8-15)17(16,18)19/h11-12H,4-10H2,1-3H3. The van der Waals surface area contributed by atoms with Gasteiger partial charge >= 0.3 is 6.09 Å². The van der Waals surface area contributed by atoms with Crippen LogP contribution in [-0.4, -0.2) is 34.6 Å². The number of carbonyl (C=O) groups excluding carboxylic acids is 1. The molecular formula is C17H25F2NO2. The normalized spacial score (nSPS) is 40.7. The van der Waals surface area contributed by atoms with Gasteiger partial charge in [-0.25, -0.2) is 13.6 Å². The molecule has 4 rings (SSSR count). The van der Waals surface area contributed by atoms with Crippen LogP contribution in [-0.2, 0) is 4.74 Å². The lowest BCUT2D eigenvalue weighted by molar-refractivity contribution is -0.0203. The van der Waals surface area contributed by atoms with E-state index in [2.05, 4.69) is 0 Å². The van der Waals surface area contributed by atoms with Crippen LogP contribution in [0, 0.1) is 10.8 Å². The molecule has 5 heteroatoms. The van der Waals surface area contributed by atoms with Crippen molar-refractivity contribution in [2.75, 3.05) is 0 Å². The molecule has 2 saturated carbocycles. The van der Waals surface area contributed by atoms with Gasteiger partial charge in [-0.1, -0.05) is 6.42 Å². The summed E-state index contributed by atoms with van der Waals surface area (Å²) in [4.78, 5) is 14.2. The second kappa shape index (κ2) is 3.96. The molecule has 2 atom stereocenters. The molecule has 0 radical (unpaired) electrons. The van der Waals surface area contributed by atoms with E-state index in [4.69, 9.17) is 4.74 Å². The highest BCUT2D eigenvalue weighted by atomic mass is 19.3. The van der Waals surface area contributed by atoms with E-state index in [0.717, 1.165) is 19.3 Å². The Bertz CT molecular complexity index is 507. The first-order valence-electron chi connectivity index (χ1n) is 8.53. The fraction of sp³-hybridized carbons (Fsp3) is 0.941. The van der Waals surface area contributed by atoms with E-state index < -0.39 is 22.4 Å². The van der Waals surface area contributed by atoms with Gasteiger partial charge in [-0.3, -0.25) is 0 Å². The molecule has 4 fully saturated rings. The van der Waals surface area contributed by atoms with Crippen molar-refractivity contribution in [1.29, 1.82) is 0 Å². The summed E-state index contributed by atoms with van der Waals surface area (Å²) in [5, 5.41) is 0. The number of hydrogen-bond donors (Lipinski definition) is 0. The largest absolute Gasteiger partial charge is 0.444 e. The van der Waals surface area contributed by atoms with Gasteiger partial charge in [0.25, 0.3) is 5.92 Å². The first-order chi connectivity index (χ1) is 10.1. The second-order valence-corrected chi connectivity index (χ2v) is 8.77. The minimum atomic E-state index is -2.51. The van der Waals surface area contributed by atoms with E-state index in [-0.39, 0.29) is 18.2 Å². The molecule has 0 N–H and O–H groups in total. The van der Waals surface area contributed by atoms with Crippen LogP contribution in [0.25, 0.3) is 0 Å². The Morgan fingerprint density at radius 3 is 2.00 bits per heavy atom. The van der Waals surface area contributed by atoms with E-state index in [0.29, 0.717) is 25.7 Å². The van der Waals surface area contributed by atoms with Crippen molar-refractivity contribution in [2.24, 2.45) is 10.8 Å². The predicted octanol–water partition coefficient (Wildman–Crippen LogP) is 4.35. The van der Waals surface area contributed by atoms with Crippen molar-refractivity contribution in [1.82, 2.24) is 4.90 Å². The molecule has 2 saturated heterocycles. The Morgan fingerprint density at radius 2 is 1.64 bits per heavy atom. The van der Waals surface area contributed by atoms with Gasteiger partial charge in [0.1, 0.15) is 5.60 Å². The molecule has 2 spiro atoms. The Morgan fingerprint density at radius 1 is 1.09 bits per heavy atom. The molecule has 2 heterocycles. The minimum Gasteiger partial charge on any atom is -0.444 e. The van der Waals surface area contributed by atoms with Gasteiger partial charge in [-0.05, 0) is 59.3 Å². The molecule has 0 aromatic heterocycles. The third kappa shape index (κ3) is 1.53. The van der Waals surface area contributed by atoms with E-state index in [1.54, 1.807) is 4.90 Å². The van der Waals surface area contributed by atoms with Crippen LogP contribution in [0.4, 0.5) is 13.6 Å². The van der Waals surface area contributed by atoms with Gasteiger partial charge in [-0.15, -0.1) is 0 Å². The second-order valence-electron chi connectivity index (χ2n) is 8.77. The summed E-state index contributed by atoms with van der Waals surface area (Å²) in [6.45, 7) is 5.53. The Labute approximate surface area is 130 Å². The Hall–Kier alpha value is -0.870. The van der Waals surface area contributed by atoms with Crippen LogP contribution in [0.1, 0.15) is 65.7 Å². The van der Waals surface area contributed by atoms with Crippen molar-refractivity contribution in [3.63, 3.8) is 0 Å². The number of nitrogens with zero attached hydrogens (tertiary/aromatic N) is 1. The summed E-state index contributed by atoms with van der Waals surface area (Å²) in [5.41, 5.74) is -2.08. The number of hydrogen-bond acceptors (Lipinski definition) is 2. The smallest absolute Gasteiger partial charge is 0.410 e. The number of ether oxygens (including phenoxy) is 1. The Balaban J connectivity index is 1.55. The van der Waals surface area contributed by atoms with E-state index >= 15 is 0 Å². The third-order valence-corrected chi connectivity index (χ3v) is 6.66. The molecule has 2 aliphatic carbocycles. The van der Waals surface area contributed by atoms with Crippen LogP contribution >= 0.6 is 0 Å². The predicted molar refractivity (Wildman–Crippen MR) is 77.8 cm³/mol. The number of halogens is 2. The first-order valence-corrected chi connectivity index (χ1v) is 8.53. The molecule has 1 amide bonds. The highest BCUT2D eigenvalue weighted by Gasteiger charge is 2.92. The lowest BCUT2D eigenvalue weighted by Crippen LogP contribution is -2.50. The van der Waals surface area contributed by atoms with Crippen molar-refractivity contribution < 1.29 is 18.3 Å². The van der Waals surface area contributed by atoms with Crippen molar-refractivity contribution in [3.05, 3.63) is 0 Å². The lowest BCUT2D eigenvalue weighted by Gasteiger charge is -2.42. The molecule has 4 aliphatic rings. The maximum Gasteiger partial charge on any atom is 0.410 e. The summed E-state index contributed by atoms with van der Waals surface area (Å²) in [6.07, 6.45) is 4.59. The molecule has 0 aromatic carbocycles. The van der Waals surface area contributed by atoms with Gasteiger partial charge in [0, 0.05) is 22.9 Å². The summed E-state index contributed by atoms with van der Waals surface area (Å²) in [5.74, 6) is -2.51. The lowest BCUT2D eigenvalue weighted by atomic mass is 9.70. The van der Waals surface area contributed by atoms with E-state index in [1.165, 1.54) is 0 Å². The highest BCUT2D eigenvalue weighted by molar-refractivity contribution is 5.70. The average molecular weight is 313 g/mol. The number of fused-ring (bicyclic) bond motifs is 3. The molecule has 22 heavy (non-hydrogen) atoms. The van der Waals surface area contributed by atoms with Crippen LogP contribution in [0.5, 0.6) is 0 Å². The van der Waals surface area contributed by atoms with Crippen LogP contribution in [0.2, 0.25) is 0 Å². The number of piperidine rings is 1. The zero-order chi connectivity index (χ0) is 16.0. The molecule has 3 nitrogen and oxygen atoms in total. The monoisotopic (exact) mass is 313 g/mol. The summed E-state index contributed by atoms with van der Waals surface area (Å²) >= 11 is 0. The maximum atomic E-state index is 14.6. The fourth-order valence-electron chi connectivity index (χ4n) is 5.57. The fourth-order valence-corrected chi connectivity index (χ4v) is 5.57. The molecule has 2 unspecified atom stereocenters. The van der Waals surface area contributed by atoms with E-state index in [9.17, 15) is 13.6 Å². The van der Waals surface area contributed by atoms with Gasteiger partial charge in [0.15, 0.2) is 0 Å². The maximum absolute atomic E-state index is 14.6. The third-order valence-electron chi connectivity index (χ3n) is 6.66. The topological polar surface area (TPSA) is 29.5 Å². The average Bonchev–Trinajstić information content (AvgIpc) is 2.55. The van der Waals surface area contributed by atoms with Crippen LogP contribution in [0.15, 0.2) is 0 Å². The minimum absolute atomic E-state index is 0.0561. The van der Waals surface area contributed by atoms with E-state index in [1.807, 2.05) is 20.8 Å². The quantitative estimate of drug-likeness (QED) is 0.665. The van der Waals surface area contributed by atoms with Crippen LogP contribution in [0.3, 0.4) is 0 Å². The SMILES string of the molecule is CC(C)(C)OC(=O)N1C2CCC1CC1(C2)C(F)(F)C12CCC2. The Kier molecular flexibility index (Phi) is 2.65. The summed E-state index contributed by atoms with van der Waals surface area (Å²) in [7, 11) is 0. The highest BCUT2D eigenvalue weighted by Crippen LogP contribution is 2.87. The summed E-state index contributed by atoms with van der Waals surface area (Å²) in [6, 6.07) is -0.112. The number of alkyl halides is 2. The molecule has 124 valence electrons. The zero-order valence-electron chi connectivity index (χ0n) is 13.6. The van der Waals surface area contributed by atoms with Crippen LogP contribution < -0.4 is 0 Å². The van der Waals surface area contributed by atoms with Gasteiger partial charge in [0.05, 0.1) is 0 Å². The van der Waals surface area contributed by atoms with Crippen molar-refractivity contribution in [3.8, 4) is 0 Å². The molecule has 2 bridgehead atoms. The van der Waals surface area contributed by atoms with Gasteiger partial charge in [-0.2, -0.15) is 0 Å². The molecular weight excluding hydrogens is 288 g/mol. The van der Waals surface area contributed by atoms with Gasteiger partial charge < -0.3 is 9.64 Å². The molecule has 0 aromatic rings. The van der Waals surface area contributed by atoms with Gasteiger partial charge in [0.2, 0.25) is 0 Å². The van der Waals surface area contributed by atoms with Crippen molar-refractivity contribution >= 4 is 6.09 Å². The number of carbonyl (C=O) groups is 1. The number of rotatable bonds is 0. The number of amides is 1. The zero-order valence-corrected chi connectivity index (χ0v) is 13.6. The summed E-state index contributed by atoms with van der Waals surface area (Å²) < 4.78 is 34.7. The first kappa shape index (κ1) is 14.7. The van der Waals surface area contributed by atoms with Crippen molar-refractivity contribution in [2.45, 2.75) is 89.3 Å². The molecule has 2 aliphatic heterocycles.